The van der Waals surface area contributed by atoms with Gasteiger partial charge in [0, 0.05) is 24.3 Å². The summed E-state index contributed by atoms with van der Waals surface area (Å²) in [5, 5.41) is 8.00. The van der Waals surface area contributed by atoms with Crippen LogP contribution in [0.25, 0.3) is 0 Å². The Morgan fingerprint density at radius 1 is 1.37 bits per heavy atom. The Morgan fingerprint density at radius 2 is 2.16 bits per heavy atom. The molecule has 0 saturated heterocycles. The summed E-state index contributed by atoms with van der Waals surface area (Å²) < 4.78 is 0.780. The molecule has 0 aliphatic heterocycles. The summed E-state index contributed by atoms with van der Waals surface area (Å²) in [5.74, 6) is -0.0881. The van der Waals surface area contributed by atoms with E-state index >= 15 is 0 Å². The maximum absolute atomic E-state index is 11.6. The number of benzene rings is 1. The number of halogens is 1. The van der Waals surface area contributed by atoms with Crippen molar-refractivity contribution in [1.29, 1.82) is 0 Å². The van der Waals surface area contributed by atoms with E-state index in [2.05, 4.69) is 17.6 Å². The van der Waals surface area contributed by atoms with E-state index in [9.17, 15) is 4.79 Å². The molecule has 0 fully saturated rings. The molecule has 1 unspecified atom stereocenters. The number of carbonyl (C=O) groups excluding carboxylic acids is 1. The molecular weight excluding hydrogens is 280 g/mol. The molecule has 1 aromatic carbocycles. The van der Waals surface area contributed by atoms with Crippen molar-refractivity contribution in [2.75, 3.05) is 12.4 Å². The number of nitrogens with one attached hydrogen (secondary N) is 2. The van der Waals surface area contributed by atoms with Gasteiger partial charge in [0.15, 0.2) is 0 Å². The molecule has 19 heavy (non-hydrogen) atoms. The quantitative estimate of drug-likeness (QED) is 0.897. The Balaban J connectivity index is 2.12. The monoisotopic (exact) mass is 294 g/mol. The van der Waals surface area contributed by atoms with Crippen LogP contribution in [0.3, 0.4) is 0 Å². The molecule has 0 aliphatic rings. The molecule has 0 bridgehead atoms. The zero-order valence-electron chi connectivity index (χ0n) is 10.7. The first-order chi connectivity index (χ1) is 9.10. The third-order valence-electron chi connectivity index (χ3n) is 2.82. The molecule has 0 spiro atoms. The summed E-state index contributed by atoms with van der Waals surface area (Å²) in [5.41, 5.74) is 2.69. The molecular formula is C14H15ClN2OS. The van der Waals surface area contributed by atoms with Gasteiger partial charge in [0.2, 0.25) is 0 Å². The highest BCUT2D eigenvalue weighted by atomic mass is 35.5. The van der Waals surface area contributed by atoms with Gasteiger partial charge in [-0.25, -0.2) is 0 Å². The van der Waals surface area contributed by atoms with Gasteiger partial charge in [-0.15, -0.1) is 11.3 Å². The van der Waals surface area contributed by atoms with Gasteiger partial charge < -0.3 is 10.6 Å². The lowest BCUT2D eigenvalue weighted by atomic mass is 10.1. The second-order valence-electron chi connectivity index (χ2n) is 4.21. The molecule has 2 rings (SSSR count). The molecule has 100 valence electrons. The lowest BCUT2D eigenvalue weighted by Crippen LogP contribution is -2.18. The Morgan fingerprint density at radius 3 is 2.79 bits per heavy atom. The number of anilines is 1. The van der Waals surface area contributed by atoms with E-state index in [1.807, 2.05) is 29.6 Å². The van der Waals surface area contributed by atoms with Crippen LogP contribution in [0.15, 0.2) is 35.7 Å². The first-order valence-electron chi connectivity index (χ1n) is 5.93. The van der Waals surface area contributed by atoms with Gasteiger partial charge in [-0.2, -0.15) is 0 Å². The highest BCUT2D eigenvalue weighted by Gasteiger charge is 2.09. The molecule has 1 amide bonds. The summed E-state index contributed by atoms with van der Waals surface area (Å²) in [4.78, 5) is 11.6. The van der Waals surface area contributed by atoms with Crippen LogP contribution >= 0.6 is 22.9 Å². The average molecular weight is 295 g/mol. The maximum Gasteiger partial charge on any atom is 0.251 e. The van der Waals surface area contributed by atoms with Crippen LogP contribution < -0.4 is 10.6 Å². The van der Waals surface area contributed by atoms with Gasteiger partial charge in [-0.1, -0.05) is 17.7 Å². The van der Waals surface area contributed by atoms with E-state index in [-0.39, 0.29) is 11.9 Å². The van der Waals surface area contributed by atoms with Gasteiger partial charge in [-0.05, 0) is 42.1 Å². The third-order valence-corrected chi connectivity index (χ3v) is 3.93. The Hall–Kier alpha value is -1.52. The smallest absolute Gasteiger partial charge is 0.251 e. The summed E-state index contributed by atoms with van der Waals surface area (Å²) in [6, 6.07) is 9.52. The number of rotatable bonds is 4. The van der Waals surface area contributed by atoms with Crippen molar-refractivity contribution < 1.29 is 4.79 Å². The number of hydrogen-bond acceptors (Lipinski definition) is 3. The normalized spacial score (nSPS) is 11.9. The summed E-state index contributed by atoms with van der Waals surface area (Å²) in [6.45, 7) is 2.06. The molecule has 2 aromatic rings. The van der Waals surface area contributed by atoms with Crippen molar-refractivity contribution in [1.82, 2.24) is 5.32 Å². The molecule has 2 N–H and O–H groups in total. The average Bonchev–Trinajstić information content (AvgIpc) is 2.85. The van der Waals surface area contributed by atoms with E-state index < -0.39 is 0 Å². The van der Waals surface area contributed by atoms with Crippen molar-refractivity contribution in [3.63, 3.8) is 0 Å². The van der Waals surface area contributed by atoms with Crippen molar-refractivity contribution in [3.8, 4) is 0 Å². The molecule has 5 heteroatoms. The molecule has 1 atom stereocenters. The largest absolute Gasteiger partial charge is 0.378 e. The minimum absolute atomic E-state index is 0.0881. The number of amides is 1. The van der Waals surface area contributed by atoms with Crippen LogP contribution in [0, 0.1) is 0 Å². The Kier molecular flexibility index (Phi) is 4.45. The van der Waals surface area contributed by atoms with Gasteiger partial charge in [0.1, 0.15) is 0 Å². The Bertz CT molecular complexity index is 582. The van der Waals surface area contributed by atoms with Crippen LogP contribution in [-0.2, 0) is 0 Å². The summed E-state index contributed by atoms with van der Waals surface area (Å²) in [7, 11) is 1.62. The zero-order chi connectivity index (χ0) is 13.8. The van der Waals surface area contributed by atoms with Gasteiger partial charge in [-0.3, -0.25) is 4.79 Å². The minimum atomic E-state index is -0.0881. The van der Waals surface area contributed by atoms with Gasteiger partial charge >= 0.3 is 0 Å². The van der Waals surface area contributed by atoms with Crippen molar-refractivity contribution >= 4 is 34.5 Å². The van der Waals surface area contributed by atoms with E-state index in [4.69, 9.17) is 11.6 Å². The molecule has 0 radical (unpaired) electrons. The topological polar surface area (TPSA) is 41.1 Å². The van der Waals surface area contributed by atoms with Crippen LogP contribution in [-0.4, -0.2) is 13.0 Å². The van der Waals surface area contributed by atoms with Crippen LogP contribution in [0.1, 0.15) is 28.9 Å². The maximum atomic E-state index is 11.6. The zero-order valence-corrected chi connectivity index (χ0v) is 12.3. The van der Waals surface area contributed by atoms with Gasteiger partial charge in [0.25, 0.3) is 5.91 Å². The lowest BCUT2D eigenvalue weighted by Gasteiger charge is -2.14. The number of hydrogen-bond donors (Lipinski definition) is 2. The molecule has 0 saturated carbocycles. The first kappa shape index (κ1) is 13.9. The molecule has 1 heterocycles. The van der Waals surface area contributed by atoms with Crippen molar-refractivity contribution in [2.45, 2.75) is 13.0 Å². The number of thiophene rings is 1. The first-order valence-corrected chi connectivity index (χ1v) is 7.18. The van der Waals surface area contributed by atoms with Gasteiger partial charge in [0.05, 0.1) is 4.34 Å². The van der Waals surface area contributed by atoms with E-state index in [0.717, 1.165) is 15.6 Å². The van der Waals surface area contributed by atoms with Crippen LogP contribution in [0.4, 0.5) is 5.69 Å². The second-order valence-corrected chi connectivity index (χ2v) is 5.75. The SMILES string of the molecule is CNC(=O)c1cccc(NC(C)c2csc(Cl)c2)c1. The Labute approximate surface area is 121 Å². The van der Waals surface area contributed by atoms with Crippen LogP contribution in [0.5, 0.6) is 0 Å². The molecule has 0 aliphatic carbocycles. The lowest BCUT2D eigenvalue weighted by molar-refractivity contribution is 0.0963. The third kappa shape index (κ3) is 3.49. The van der Waals surface area contributed by atoms with E-state index in [1.54, 1.807) is 13.1 Å². The fourth-order valence-electron chi connectivity index (χ4n) is 1.78. The highest BCUT2D eigenvalue weighted by Crippen LogP contribution is 2.27. The second kappa shape index (κ2) is 6.08. The van der Waals surface area contributed by atoms with Crippen molar-refractivity contribution in [3.05, 3.63) is 51.2 Å². The van der Waals surface area contributed by atoms with Crippen molar-refractivity contribution in [2.24, 2.45) is 0 Å². The van der Waals surface area contributed by atoms with E-state index in [1.165, 1.54) is 11.3 Å². The highest BCUT2D eigenvalue weighted by molar-refractivity contribution is 7.14. The summed E-state index contributed by atoms with van der Waals surface area (Å²) in [6.07, 6.45) is 0. The standard InChI is InChI=1S/C14H15ClN2OS/c1-9(11-7-13(15)19-8-11)17-12-5-3-4-10(6-12)14(18)16-2/h3-9,17H,1-2H3,(H,16,18). The predicted octanol–water partition coefficient (Wildman–Crippen LogP) is 3.93. The van der Waals surface area contributed by atoms with Crippen LogP contribution in [0.2, 0.25) is 4.34 Å². The van der Waals surface area contributed by atoms with E-state index in [0.29, 0.717) is 5.56 Å². The summed E-state index contributed by atoms with van der Waals surface area (Å²) >= 11 is 7.45. The predicted molar refractivity (Wildman–Crippen MR) is 81.2 cm³/mol. The fraction of sp³-hybridized carbons (Fsp3) is 0.214. The minimum Gasteiger partial charge on any atom is -0.378 e. The molecule has 1 aromatic heterocycles. The number of carbonyl (C=O) groups is 1. The fourth-order valence-corrected chi connectivity index (χ4v) is 2.76. The molecule has 3 nitrogen and oxygen atoms in total.